The van der Waals surface area contributed by atoms with Crippen LogP contribution in [0.5, 0.6) is 0 Å². The van der Waals surface area contributed by atoms with E-state index in [2.05, 4.69) is 25.9 Å². The number of carbonyl (C=O) groups is 1. The van der Waals surface area contributed by atoms with Crippen LogP contribution in [0.15, 0.2) is 34.8 Å². The summed E-state index contributed by atoms with van der Waals surface area (Å²) < 4.78 is 14.6. The Bertz CT molecular complexity index is 873. The molecule has 2 aromatic carbocycles. The summed E-state index contributed by atoms with van der Waals surface area (Å²) in [4.78, 5) is 18.3. The number of imidazole rings is 1. The third-order valence-electron chi connectivity index (χ3n) is 3.32. The maximum atomic E-state index is 13.7. The molecule has 0 bridgehead atoms. The van der Waals surface area contributed by atoms with E-state index in [9.17, 15) is 9.18 Å². The minimum Gasteiger partial charge on any atom is -0.478 e. The van der Waals surface area contributed by atoms with Crippen molar-refractivity contribution in [2.45, 2.75) is 6.92 Å². The van der Waals surface area contributed by atoms with E-state index in [1.165, 1.54) is 6.07 Å². The number of carboxylic acids is 1. The first-order chi connectivity index (χ1) is 9.97. The van der Waals surface area contributed by atoms with Crippen LogP contribution in [0, 0.1) is 12.7 Å². The van der Waals surface area contributed by atoms with Gasteiger partial charge in [0.25, 0.3) is 0 Å². The third kappa shape index (κ3) is 2.31. The zero-order valence-electron chi connectivity index (χ0n) is 10.9. The number of aromatic carboxylic acids is 1. The van der Waals surface area contributed by atoms with Gasteiger partial charge in [-0.2, -0.15) is 0 Å². The van der Waals surface area contributed by atoms with Crippen LogP contribution < -0.4 is 0 Å². The highest BCUT2D eigenvalue weighted by atomic mass is 79.9. The first kappa shape index (κ1) is 13.8. The summed E-state index contributed by atoms with van der Waals surface area (Å²) in [5.74, 6) is -1.51. The molecule has 1 heterocycles. The Hall–Kier alpha value is -2.21. The van der Waals surface area contributed by atoms with Crippen LogP contribution >= 0.6 is 15.9 Å². The van der Waals surface area contributed by atoms with E-state index in [4.69, 9.17) is 5.11 Å². The Kier molecular flexibility index (Phi) is 3.25. The van der Waals surface area contributed by atoms with E-state index in [0.29, 0.717) is 16.9 Å². The van der Waals surface area contributed by atoms with Crippen LogP contribution in [0.3, 0.4) is 0 Å². The second-order valence-corrected chi connectivity index (χ2v) is 5.51. The van der Waals surface area contributed by atoms with E-state index >= 15 is 0 Å². The molecule has 0 aliphatic carbocycles. The molecule has 3 rings (SSSR count). The molecule has 0 aliphatic rings. The van der Waals surface area contributed by atoms with Gasteiger partial charge in [-0.3, -0.25) is 0 Å². The molecule has 0 amide bonds. The number of H-pyrrole nitrogens is 1. The van der Waals surface area contributed by atoms with Gasteiger partial charge in [-0.15, -0.1) is 0 Å². The molecular weight excluding hydrogens is 339 g/mol. The topological polar surface area (TPSA) is 66.0 Å². The lowest BCUT2D eigenvalue weighted by Crippen LogP contribution is -1.99. The summed E-state index contributed by atoms with van der Waals surface area (Å²) in [6, 6.07) is 8.09. The van der Waals surface area contributed by atoms with Gasteiger partial charge in [0.15, 0.2) is 0 Å². The van der Waals surface area contributed by atoms with Crippen molar-refractivity contribution >= 4 is 32.9 Å². The summed E-state index contributed by atoms with van der Waals surface area (Å²) in [5.41, 5.74) is 2.37. The third-order valence-corrected chi connectivity index (χ3v) is 4.18. The van der Waals surface area contributed by atoms with Crippen molar-refractivity contribution < 1.29 is 14.3 Å². The fraction of sp³-hybridized carbons (Fsp3) is 0.0667. The lowest BCUT2D eigenvalue weighted by Gasteiger charge is -2.03. The Morgan fingerprint density at radius 3 is 2.86 bits per heavy atom. The molecule has 1 aromatic heterocycles. The van der Waals surface area contributed by atoms with Crippen molar-refractivity contribution in [2.75, 3.05) is 0 Å². The van der Waals surface area contributed by atoms with Crippen molar-refractivity contribution in [3.05, 3.63) is 51.7 Å². The lowest BCUT2D eigenvalue weighted by molar-refractivity contribution is 0.0692. The van der Waals surface area contributed by atoms with Crippen LogP contribution in [-0.4, -0.2) is 21.0 Å². The van der Waals surface area contributed by atoms with Gasteiger partial charge >= 0.3 is 5.97 Å². The minimum atomic E-state index is -1.31. The molecule has 0 atom stereocenters. The van der Waals surface area contributed by atoms with Crippen molar-refractivity contribution in [1.82, 2.24) is 9.97 Å². The summed E-state index contributed by atoms with van der Waals surface area (Å²) in [6.45, 7) is 1.94. The average Bonchev–Trinajstić information content (AvgIpc) is 2.83. The second kappa shape index (κ2) is 4.96. The average molecular weight is 349 g/mol. The normalized spacial score (nSPS) is 11.0. The molecule has 6 heteroatoms. The summed E-state index contributed by atoms with van der Waals surface area (Å²) in [5, 5.41) is 8.95. The van der Waals surface area contributed by atoms with E-state index < -0.39 is 11.8 Å². The summed E-state index contributed by atoms with van der Waals surface area (Å²) in [6.07, 6.45) is 0. The quantitative estimate of drug-likeness (QED) is 0.731. The second-order valence-electron chi connectivity index (χ2n) is 4.65. The highest BCUT2D eigenvalue weighted by molar-refractivity contribution is 9.10. The van der Waals surface area contributed by atoms with Gasteiger partial charge in [0.05, 0.1) is 16.6 Å². The zero-order chi connectivity index (χ0) is 15.1. The Balaban J connectivity index is 2.22. The highest BCUT2D eigenvalue weighted by Crippen LogP contribution is 2.29. The van der Waals surface area contributed by atoms with Crippen molar-refractivity contribution in [2.24, 2.45) is 0 Å². The molecule has 0 saturated carbocycles. The van der Waals surface area contributed by atoms with Crippen LogP contribution in [0.25, 0.3) is 22.4 Å². The molecular formula is C15H10BrFN2O2. The van der Waals surface area contributed by atoms with E-state index in [1.54, 1.807) is 0 Å². The van der Waals surface area contributed by atoms with Gasteiger partial charge in [-0.25, -0.2) is 14.2 Å². The minimum absolute atomic E-state index is 0.383. The number of fused-ring (bicyclic) bond motifs is 1. The number of hydrogen-bond acceptors (Lipinski definition) is 2. The van der Waals surface area contributed by atoms with Gasteiger partial charge < -0.3 is 10.1 Å². The number of nitrogens with one attached hydrogen (secondary N) is 1. The zero-order valence-corrected chi connectivity index (χ0v) is 12.5. The Labute approximate surface area is 127 Å². The molecule has 0 radical (unpaired) electrons. The van der Waals surface area contributed by atoms with E-state index in [1.807, 2.05) is 25.1 Å². The first-order valence-corrected chi connectivity index (χ1v) is 6.94. The number of aromatic amines is 1. The van der Waals surface area contributed by atoms with Crippen LogP contribution in [0.2, 0.25) is 0 Å². The summed E-state index contributed by atoms with van der Waals surface area (Å²) >= 11 is 3.45. The van der Waals surface area contributed by atoms with Gasteiger partial charge in [-0.05, 0) is 24.6 Å². The van der Waals surface area contributed by atoms with Gasteiger partial charge in [0.2, 0.25) is 0 Å². The van der Waals surface area contributed by atoms with E-state index in [-0.39, 0.29) is 5.56 Å². The maximum absolute atomic E-state index is 13.7. The number of hydrogen-bond donors (Lipinski definition) is 2. The Morgan fingerprint density at radius 2 is 2.14 bits per heavy atom. The SMILES string of the molecule is Cc1c(Br)cccc1-c1nc2cc(C(=O)O)c(F)cc2[nH]1. The van der Waals surface area contributed by atoms with Crippen LogP contribution in [-0.2, 0) is 0 Å². The molecule has 0 unspecified atom stereocenters. The van der Waals surface area contributed by atoms with Crippen molar-refractivity contribution in [1.29, 1.82) is 0 Å². The number of halogens is 2. The summed E-state index contributed by atoms with van der Waals surface area (Å²) in [7, 11) is 0. The molecule has 0 fully saturated rings. The van der Waals surface area contributed by atoms with Crippen LogP contribution in [0.1, 0.15) is 15.9 Å². The van der Waals surface area contributed by atoms with Crippen molar-refractivity contribution in [3.8, 4) is 11.4 Å². The fourth-order valence-electron chi connectivity index (χ4n) is 2.19. The molecule has 0 spiro atoms. The highest BCUT2D eigenvalue weighted by Gasteiger charge is 2.15. The molecule has 21 heavy (non-hydrogen) atoms. The number of rotatable bonds is 2. The fourth-order valence-corrected chi connectivity index (χ4v) is 2.55. The molecule has 2 N–H and O–H groups in total. The smallest absolute Gasteiger partial charge is 0.338 e. The molecule has 4 nitrogen and oxygen atoms in total. The molecule has 0 aliphatic heterocycles. The molecule has 106 valence electrons. The predicted molar refractivity (Wildman–Crippen MR) is 80.9 cm³/mol. The Morgan fingerprint density at radius 1 is 1.38 bits per heavy atom. The largest absolute Gasteiger partial charge is 0.478 e. The van der Waals surface area contributed by atoms with Gasteiger partial charge in [-0.1, -0.05) is 28.1 Å². The lowest BCUT2D eigenvalue weighted by atomic mass is 10.1. The molecule has 0 saturated heterocycles. The monoisotopic (exact) mass is 348 g/mol. The predicted octanol–water partition coefficient (Wildman–Crippen LogP) is 4.14. The number of carboxylic acid groups (broad SMARTS) is 1. The van der Waals surface area contributed by atoms with Gasteiger partial charge in [0.1, 0.15) is 11.6 Å². The van der Waals surface area contributed by atoms with E-state index in [0.717, 1.165) is 21.7 Å². The number of benzene rings is 2. The van der Waals surface area contributed by atoms with Crippen molar-refractivity contribution in [3.63, 3.8) is 0 Å². The first-order valence-electron chi connectivity index (χ1n) is 6.15. The maximum Gasteiger partial charge on any atom is 0.338 e. The number of nitrogens with zero attached hydrogens (tertiary/aromatic N) is 1. The van der Waals surface area contributed by atoms with Crippen LogP contribution in [0.4, 0.5) is 4.39 Å². The molecule has 3 aromatic rings. The number of aromatic nitrogens is 2. The standard InChI is InChI=1S/C15H10BrFN2O2/c1-7-8(3-2-4-10(7)16)14-18-12-5-9(15(20)21)11(17)6-13(12)19-14/h2-6H,1H3,(H,18,19)(H,20,21). The van der Waals surface area contributed by atoms with Gasteiger partial charge in [0, 0.05) is 16.1 Å².